The molecule has 0 saturated carbocycles. The van der Waals surface area contributed by atoms with Gasteiger partial charge in [0.2, 0.25) is 11.8 Å². The molecule has 3 heterocycles. The Hall–Kier alpha value is -2.36. The highest BCUT2D eigenvalue weighted by molar-refractivity contribution is 5.85. The highest BCUT2D eigenvalue weighted by Gasteiger charge is 2.31. The maximum atomic E-state index is 12.6. The second-order valence-electron chi connectivity index (χ2n) is 7.03. The number of pyridine rings is 1. The number of carbonyl (C=O) groups excluding carboxylic acids is 2. The van der Waals surface area contributed by atoms with Crippen molar-refractivity contribution in [2.45, 2.75) is 19.0 Å². The van der Waals surface area contributed by atoms with Crippen LogP contribution in [-0.4, -0.2) is 79.0 Å². The van der Waals surface area contributed by atoms with Crippen LogP contribution in [0, 0.1) is 0 Å². The largest absolute Gasteiger partial charge is 0.417 e. The van der Waals surface area contributed by atoms with Gasteiger partial charge in [-0.2, -0.15) is 13.2 Å². The van der Waals surface area contributed by atoms with Crippen molar-refractivity contribution in [2.75, 3.05) is 57.3 Å². The highest BCUT2D eigenvalue weighted by atomic mass is 19.4. The number of halogens is 3. The van der Waals surface area contributed by atoms with Crippen LogP contribution < -0.4 is 10.2 Å². The fraction of sp³-hybridized carbons (Fsp3) is 0.611. The van der Waals surface area contributed by atoms with Gasteiger partial charge in [-0.3, -0.25) is 14.5 Å². The van der Waals surface area contributed by atoms with Crippen LogP contribution in [0.25, 0.3) is 0 Å². The minimum atomic E-state index is -4.40. The van der Waals surface area contributed by atoms with Gasteiger partial charge >= 0.3 is 6.18 Å². The summed E-state index contributed by atoms with van der Waals surface area (Å²) in [7, 11) is 0. The van der Waals surface area contributed by atoms with Gasteiger partial charge in [-0.25, -0.2) is 4.98 Å². The maximum absolute atomic E-state index is 12.6. The van der Waals surface area contributed by atoms with Crippen LogP contribution in [0.3, 0.4) is 0 Å². The number of nitrogens with zero attached hydrogens (tertiary/aromatic N) is 4. The normalized spacial score (nSPS) is 18.4. The lowest BCUT2D eigenvalue weighted by Crippen LogP contribution is -2.50. The van der Waals surface area contributed by atoms with Crippen LogP contribution in [-0.2, 0) is 15.8 Å². The van der Waals surface area contributed by atoms with Gasteiger partial charge < -0.3 is 15.1 Å². The van der Waals surface area contributed by atoms with Gasteiger partial charge in [-0.1, -0.05) is 0 Å². The van der Waals surface area contributed by atoms with Crippen molar-refractivity contribution in [2.24, 2.45) is 0 Å². The standard InChI is InChI=1S/C18H24F3N5O2/c19-18(20,21)14-3-4-15(22-11-14)25-9-7-24(8-10-25)13-16(27)23-12-17(28)26-5-1-2-6-26/h3-4,11H,1-2,5-10,12-13H2,(H,23,27). The molecule has 2 aliphatic heterocycles. The van der Waals surface area contributed by atoms with E-state index in [1.807, 2.05) is 9.80 Å². The van der Waals surface area contributed by atoms with E-state index < -0.39 is 11.7 Å². The molecule has 0 aromatic carbocycles. The highest BCUT2D eigenvalue weighted by Crippen LogP contribution is 2.29. The Labute approximate surface area is 161 Å². The van der Waals surface area contributed by atoms with Crippen molar-refractivity contribution in [1.82, 2.24) is 20.1 Å². The average molecular weight is 399 g/mol. The Balaban J connectivity index is 1.40. The topological polar surface area (TPSA) is 68.8 Å². The number of anilines is 1. The molecule has 0 aliphatic carbocycles. The summed E-state index contributed by atoms with van der Waals surface area (Å²) in [6.45, 7) is 4.06. The Bertz CT molecular complexity index is 681. The summed E-state index contributed by atoms with van der Waals surface area (Å²) < 4.78 is 37.8. The Kier molecular flexibility index (Phi) is 6.38. The summed E-state index contributed by atoms with van der Waals surface area (Å²) in [5.74, 6) is 0.242. The van der Waals surface area contributed by atoms with Gasteiger partial charge in [0.05, 0.1) is 18.7 Å². The fourth-order valence-electron chi connectivity index (χ4n) is 3.39. The smallest absolute Gasteiger partial charge is 0.354 e. The zero-order valence-electron chi connectivity index (χ0n) is 15.5. The fourth-order valence-corrected chi connectivity index (χ4v) is 3.39. The average Bonchev–Trinajstić information content (AvgIpc) is 3.21. The van der Waals surface area contributed by atoms with E-state index in [9.17, 15) is 22.8 Å². The molecule has 154 valence electrons. The molecule has 28 heavy (non-hydrogen) atoms. The summed E-state index contributed by atoms with van der Waals surface area (Å²) >= 11 is 0. The second-order valence-corrected chi connectivity index (χ2v) is 7.03. The van der Waals surface area contributed by atoms with E-state index in [0.717, 1.165) is 38.2 Å². The quantitative estimate of drug-likeness (QED) is 0.799. The molecule has 0 radical (unpaired) electrons. The lowest BCUT2D eigenvalue weighted by atomic mass is 10.2. The van der Waals surface area contributed by atoms with Crippen molar-refractivity contribution in [1.29, 1.82) is 0 Å². The first kappa shape index (κ1) is 20.4. The van der Waals surface area contributed by atoms with Crippen molar-refractivity contribution >= 4 is 17.6 Å². The third-order valence-corrected chi connectivity index (χ3v) is 5.03. The zero-order chi connectivity index (χ0) is 20.1. The molecule has 2 fully saturated rings. The number of carbonyl (C=O) groups is 2. The molecule has 1 N–H and O–H groups in total. The van der Waals surface area contributed by atoms with E-state index in [0.29, 0.717) is 32.0 Å². The number of rotatable bonds is 5. The van der Waals surface area contributed by atoms with Crippen molar-refractivity contribution in [3.63, 3.8) is 0 Å². The van der Waals surface area contributed by atoms with Gasteiger partial charge in [0.15, 0.2) is 0 Å². The second kappa shape index (κ2) is 8.76. The van der Waals surface area contributed by atoms with Gasteiger partial charge in [-0.15, -0.1) is 0 Å². The number of hydrogen-bond donors (Lipinski definition) is 1. The molecule has 1 aromatic rings. The number of nitrogens with one attached hydrogen (secondary N) is 1. The molecular weight excluding hydrogens is 375 g/mol. The van der Waals surface area contributed by atoms with Gasteiger partial charge in [0, 0.05) is 45.5 Å². The van der Waals surface area contributed by atoms with Gasteiger partial charge in [-0.05, 0) is 25.0 Å². The van der Waals surface area contributed by atoms with Crippen LogP contribution >= 0.6 is 0 Å². The molecule has 0 bridgehead atoms. The molecule has 0 unspecified atom stereocenters. The number of amides is 2. The number of piperazine rings is 1. The molecule has 7 nitrogen and oxygen atoms in total. The summed E-state index contributed by atoms with van der Waals surface area (Å²) in [5, 5.41) is 2.67. The van der Waals surface area contributed by atoms with Crippen molar-refractivity contribution in [3.8, 4) is 0 Å². The molecule has 0 spiro atoms. The predicted molar refractivity (Wildman–Crippen MR) is 96.7 cm³/mol. The minimum absolute atomic E-state index is 0.0221. The minimum Gasteiger partial charge on any atom is -0.354 e. The molecule has 3 rings (SSSR count). The lowest BCUT2D eigenvalue weighted by Gasteiger charge is -2.35. The Morgan fingerprint density at radius 2 is 1.71 bits per heavy atom. The molecule has 0 atom stereocenters. The summed E-state index contributed by atoms with van der Waals surface area (Å²) in [6, 6.07) is 2.40. The molecule has 2 amide bonds. The predicted octanol–water partition coefficient (Wildman–Crippen LogP) is 0.961. The molecule has 10 heteroatoms. The maximum Gasteiger partial charge on any atom is 0.417 e. The molecule has 2 saturated heterocycles. The van der Waals surface area contributed by atoms with Gasteiger partial charge in [0.1, 0.15) is 5.82 Å². The number of hydrogen-bond acceptors (Lipinski definition) is 5. The van der Waals surface area contributed by atoms with Crippen LogP contribution in [0.4, 0.5) is 19.0 Å². The van der Waals surface area contributed by atoms with Crippen LogP contribution in [0.2, 0.25) is 0 Å². The van der Waals surface area contributed by atoms with Crippen LogP contribution in [0.15, 0.2) is 18.3 Å². The Morgan fingerprint density at radius 1 is 1.04 bits per heavy atom. The third-order valence-electron chi connectivity index (χ3n) is 5.03. The van der Waals surface area contributed by atoms with E-state index in [4.69, 9.17) is 0 Å². The summed E-state index contributed by atoms with van der Waals surface area (Å²) in [5.41, 5.74) is -0.768. The monoisotopic (exact) mass is 399 g/mol. The van der Waals surface area contributed by atoms with Crippen LogP contribution in [0.5, 0.6) is 0 Å². The first-order chi connectivity index (χ1) is 13.3. The van der Waals surface area contributed by atoms with Crippen molar-refractivity contribution in [3.05, 3.63) is 23.9 Å². The third kappa shape index (κ3) is 5.34. The van der Waals surface area contributed by atoms with E-state index in [1.54, 1.807) is 4.90 Å². The number of alkyl halides is 3. The first-order valence-corrected chi connectivity index (χ1v) is 9.38. The zero-order valence-corrected chi connectivity index (χ0v) is 15.5. The van der Waals surface area contributed by atoms with E-state index in [-0.39, 0.29) is 24.9 Å². The van der Waals surface area contributed by atoms with Crippen molar-refractivity contribution < 1.29 is 22.8 Å². The van der Waals surface area contributed by atoms with E-state index >= 15 is 0 Å². The van der Waals surface area contributed by atoms with Gasteiger partial charge in [0.25, 0.3) is 0 Å². The number of likely N-dealkylation sites (tertiary alicyclic amines) is 1. The van der Waals surface area contributed by atoms with E-state index in [1.165, 1.54) is 6.07 Å². The SMILES string of the molecule is O=C(CN1CCN(c2ccc(C(F)(F)F)cn2)CC1)NCC(=O)N1CCCC1. The van der Waals surface area contributed by atoms with E-state index in [2.05, 4.69) is 10.3 Å². The summed E-state index contributed by atoms with van der Waals surface area (Å²) in [4.78, 5) is 33.5. The molecule has 2 aliphatic rings. The first-order valence-electron chi connectivity index (χ1n) is 9.38. The summed E-state index contributed by atoms with van der Waals surface area (Å²) in [6.07, 6.45) is -1.53. The molecule has 1 aromatic heterocycles. The Morgan fingerprint density at radius 3 is 2.29 bits per heavy atom. The lowest BCUT2D eigenvalue weighted by molar-refractivity contribution is -0.137. The van der Waals surface area contributed by atoms with Crippen LogP contribution in [0.1, 0.15) is 18.4 Å². The number of aromatic nitrogens is 1. The molecular formula is C18H24F3N5O2.